The lowest BCUT2D eigenvalue weighted by molar-refractivity contribution is -0.198. The van der Waals surface area contributed by atoms with Crippen molar-refractivity contribution in [2.45, 2.75) is 38.3 Å². The van der Waals surface area contributed by atoms with Crippen molar-refractivity contribution in [2.24, 2.45) is 17.8 Å². The molecule has 4 nitrogen and oxygen atoms in total. The van der Waals surface area contributed by atoms with Gasteiger partial charge in [-0.1, -0.05) is 43.2 Å². The molecule has 1 aromatic carbocycles. The van der Waals surface area contributed by atoms with Gasteiger partial charge in [-0.25, -0.2) is 0 Å². The number of amides is 1. The number of hydrogen-bond donors (Lipinski definition) is 2. The van der Waals surface area contributed by atoms with Crippen LogP contribution in [0.4, 0.5) is 13.2 Å². The van der Waals surface area contributed by atoms with Crippen LogP contribution in [0.25, 0.3) is 0 Å². The molecular formula is C18H22F3NO3. The number of carbonyl (C=O) groups is 2. The van der Waals surface area contributed by atoms with Crippen LogP contribution >= 0.6 is 0 Å². The monoisotopic (exact) mass is 357 g/mol. The average molecular weight is 357 g/mol. The normalized spacial score (nSPS) is 22.2. The summed E-state index contributed by atoms with van der Waals surface area (Å²) < 4.78 is 39.3. The van der Waals surface area contributed by atoms with Crippen molar-refractivity contribution in [2.75, 3.05) is 6.54 Å². The van der Waals surface area contributed by atoms with Gasteiger partial charge in [0.1, 0.15) is 0 Å². The molecule has 0 aliphatic heterocycles. The van der Waals surface area contributed by atoms with Gasteiger partial charge >= 0.3 is 12.1 Å². The summed E-state index contributed by atoms with van der Waals surface area (Å²) in [5, 5.41) is 11.7. The molecule has 2 rings (SSSR count). The lowest BCUT2D eigenvalue weighted by atomic mass is 9.78. The second kappa shape index (κ2) is 8.36. The standard InChI is InChI=1S/C18H22F3NO3/c19-18(20,21)15-9-5-4-8-14(15)16(23)22-11-13(17(24)25)10-12-6-2-1-3-7-12/h1-3,6-7,13-15H,4-5,8-11H2,(H,22,23)(H,24,25). The zero-order valence-electron chi connectivity index (χ0n) is 13.8. The molecule has 1 fully saturated rings. The largest absolute Gasteiger partial charge is 0.481 e. The fourth-order valence-electron chi connectivity index (χ4n) is 3.34. The van der Waals surface area contributed by atoms with Crippen molar-refractivity contribution in [3.05, 3.63) is 35.9 Å². The van der Waals surface area contributed by atoms with Crippen LogP contribution < -0.4 is 5.32 Å². The molecule has 0 spiro atoms. The van der Waals surface area contributed by atoms with Gasteiger partial charge < -0.3 is 10.4 Å². The van der Waals surface area contributed by atoms with Gasteiger partial charge in [0.2, 0.25) is 5.91 Å². The molecule has 138 valence electrons. The molecule has 1 saturated carbocycles. The number of carboxylic acids is 1. The maximum Gasteiger partial charge on any atom is 0.392 e. The molecule has 0 heterocycles. The first-order valence-electron chi connectivity index (χ1n) is 8.40. The van der Waals surface area contributed by atoms with Gasteiger partial charge in [0.15, 0.2) is 0 Å². The molecule has 2 N–H and O–H groups in total. The number of rotatable bonds is 6. The van der Waals surface area contributed by atoms with Crippen LogP contribution in [0, 0.1) is 17.8 Å². The Kier molecular flexibility index (Phi) is 6.45. The summed E-state index contributed by atoms with van der Waals surface area (Å²) in [5.41, 5.74) is 0.801. The number of benzene rings is 1. The Morgan fingerprint density at radius 1 is 1.16 bits per heavy atom. The highest BCUT2D eigenvalue weighted by Gasteiger charge is 2.48. The van der Waals surface area contributed by atoms with Crippen LogP contribution in [-0.4, -0.2) is 29.7 Å². The summed E-state index contributed by atoms with van der Waals surface area (Å²) in [6.45, 7) is -0.176. The third-order valence-electron chi connectivity index (χ3n) is 4.72. The third kappa shape index (κ3) is 5.47. The molecule has 1 aliphatic carbocycles. The maximum absolute atomic E-state index is 13.1. The molecular weight excluding hydrogens is 335 g/mol. The van der Waals surface area contributed by atoms with Crippen molar-refractivity contribution in [3.63, 3.8) is 0 Å². The van der Waals surface area contributed by atoms with Gasteiger partial charge in [0, 0.05) is 12.5 Å². The molecule has 0 aromatic heterocycles. The van der Waals surface area contributed by atoms with E-state index >= 15 is 0 Å². The first-order valence-corrected chi connectivity index (χ1v) is 8.40. The Hall–Kier alpha value is -2.05. The minimum absolute atomic E-state index is 0.0477. The number of nitrogens with one attached hydrogen (secondary N) is 1. The van der Waals surface area contributed by atoms with Gasteiger partial charge in [-0.15, -0.1) is 0 Å². The van der Waals surface area contributed by atoms with E-state index in [1.54, 1.807) is 30.3 Å². The van der Waals surface area contributed by atoms with Crippen molar-refractivity contribution in [1.82, 2.24) is 5.32 Å². The number of carboxylic acid groups (broad SMARTS) is 1. The second-order valence-corrected chi connectivity index (χ2v) is 6.51. The van der Waals surface area contributed by atoms with E-state index in [4.69, 9.17) is 0 Å². The van der Waals surface area contributed by atoms with E-state index in [-0.39, 0.29) is 25.8 Å². The molecule has 3 atom stereocenters. The van der Waals surface area contributed by atoms with Crippen LogP contribution in [0.2, 0.25) is 0 Å². The number of aliphatic carboxylic acids is 1. The van der Waals surface area contributed by atoms with Gasteiger partial charge in [0.25, 0.3) is 0 Å². The molecule has 3 unspecified atom stereocenters. The van der Waals surface area contributed by atoms with Crippen LogP contribution in [0.5, 0.6) is 0 Å². The van der Waals surface area contributed by atoms with E-state index in [1.807, 2.05) is 0 Å². The predicted molar refractivity (Wildman–Crippen MR) is 85.8 cm³/mol. The first kappa shape index (κ1) is 19.3. The Labute approximate surface area is 144 Å². The number of hydrogen-bond acceptors (Lipinski definition) is 2. The highest BCUT2D eigenvalue weighted by molar-refractivity contribution is 5.80. The number of carbonyl (C=O) groups excluding carboxylic acids is 1. The molecule has 1 aliphatic rings. The lowest BCUT2D eigenvalue weighted by Gasteiger charge is -2.32. The highest BCUT2D eigenvalue weighted by atomic mass is 19.4. The maximum atomic E-state index is 13.1. The van der Waals surface area contributed by atoms with Crippen LogP contribution in [0.15, 0.2) is 30.3 Å². The topological polar surface area (TPSA) is 66.4 Å². The first-order chi connectivity index (χ1) is 11.8. The van der Waals surface area contributed by atoms with Gasteiger partial charge in [-0.05, 0) is 24.8 Å². The molecule has 7 heteroatoms. The predicted octanol–water partition coefficient (Wildman–Crippen LogP) is 3.41. The summed E-state index contributed by atoms with van der Waals surface area (Å²) in [6.07, 6.45) is -3.01. The number of halogens is 3. The zero-order valence-corrected chi connectivity index (χ0v) is 13.8. The average Bonchev–Trinajstić information content (AvgIpc) is 2.58. The van der Waals surface area contributed by atoms with Crippen LogP contribution in [-0.2, 0) is 16.0 Å². The quantitative estimate of drug-likeness (QED) is 0.820. The van der Waals surface area contributed by atoms with E-state index < -0.39 is 35.8 Å². The Morgan fingerprint density at radius 2 is 1.80 bits per heavy atom. The fourth-order valence-corrected chi connectivity index (χ4v) is 3.34. The Morgan fingerprint density at radius 3 is 2.40 bits per heavy atom. The lowest BCUT2D eigenvalue weighted by Crippen LogP contribution is -2.44. The van der Waals surface area contributed by atoms with E-state index in [0.29, 0.717) is 12.8 Å². The van der Waals surface area contributed by atoms with Crippen LogP contribution in [0.3, 0.4) is 0 Å². The summed E-state index contributed by atoms with van der Waals surface area (Å²) in [5.74, 6) is -5.42. The van der Waals surface area contributed by atoms with Crippen molar-refractivity contribution in [3.8, 4) is 0 Å². The van der Waals surface area contributed by atoms with Crippen molar-refractivity contribution in [1.29, 1.82) is 0 Å². The van der Waals surface area contributed by atoms with Gasteiger partial charge in [-0.2, -0.15) is 13.2 Å². The molecule has 0 bridgehead atoms. The van der Waals surface area contributed by atoms with Crippen LogP contribution in [0.1, 0.15) is 31.2 Å². The van der Waals surface area contributed by atoms with E-state index in [1.165, 1.54) is 0 Å². The Balaban J connectivity index is 1.97. The van der Waals surface area contributed by atoms with E-state index in [9.17, 15) is 27.9 Å². The molecule has 0 saturated heterocycles. The smallest absolute Gasteiger partial charge is 0.392 e. The second-order valence-electron chi connectivity index (χ2n) is 6.51. The Bertz CT molecular complexity index is 589. The third-order valence-corrected chi connectivity index (χ3v) is 4.72. The van der Waals surface area contributed by atoms with Gasteiger partial charge in [-0.3, -0.25) is 9.59 Å². The summed E-state index contributed by atoms with van der Waals surface area (Å²) >= 11 is 0. The minimum atomic E-state index is -4.40. The van der Waals surface area contributed by atoms with Crippen molar-refractivity contribution < 1.29 is 27.9 Å². The zero-order chi connectivity index (χ0) is 18.4. The summed E-state index contributed by atoms with van der Waals surface area (Å²) in [4.78, 5) is 23.6. The fraction of sp³-hybridized carbons (Fsp3) is 0.556. The number of alkyl halides is 3. The molecule has 1 aromatic rings. The highest BCUT2D eigenvalue weighted by Crippen LogP contribution is 2.41. The minimum Gasteiger partial charge on any atom is -0.481 e. The molecule has 0 radical (unpaired) electrons. The SMILES string of the molecule is O=C(O)C(CNC(=O)C1CCCCC1C(F)(F)F)Cc1ccccc1. The van der Waals surface area contributed by atoms with E-state index in [2.05, 4.69) is 5.32 Å². The van der Waals surface area contributed by atoms with Crippen molar-refractivity contribution >= 4 is 11.9 Å². The molecule has 25 heavy (non-hydrogen) atoms. The molecule has 1 amide bonds. The summed E-state index contributed by atoms with van der Waals surface area (Å²) in [6, 6.07) is 8.92. The summed E-state index contributed by atoms with van der Waals surface area (Å²) in [7, 11) is 0. The van der Waals surface area contributed by atoms with Gasteiger partial charge in [0.05, 0.1) is 11.8 Å². The van der Waals surface area contributed by atoms with E-state index in [0.717, 1.165) is 5.56 Å².